The summed E-state index contributed by atoms with van der Waals surface area (Å²) in [6.45, 7) is 2.17. The first-order valence-electron chi connectivity index (χ1n) is 6.01. The average molecular weight is 374 g/mol. The van der Waals surface area contributed by atoms with Gasteiger partial charge in [-0.05, 0) is 52.2 Å². The van der Waals surface area contributed by atoms with Crippen molar-refractivity contribution in [3.05, 3.63) is 66.9 Å². The van der Waals surface area contributed by atoms with Crippen molar-refractivity contribution in [3.8, 4) is 0 Å². The summed E-state index contributed by atoms with van der Waals surface area (Å²) < 4.78 is 13.7. The molecule has 0 bridgehead atoms. The normalized spacial score (nSPS) is 10.5. The Labute approximate surface area is 134 Å². The highest BCUT2D eigenvalue weighted by Crippen LogP contribution is 2.27. The molecule has 0 fully saturated rings. The van der Waals surface area contributed by atoms with Gasteiger partial charge in [-0.15, -0.1) is 0 Å². The molecule has 7 heteroatoms. The monoisotopic (exact) mass is 372 g/mol. The van der Waals surface area contributed by atoms with Crippen LogP contribution in [-0.2, 0) is 6.54 Å². The van der Waals surface area contributed by atoms with Gasteiger partial charge < -0.3 is 5.32 Å². The fourth-order valence-electron chi connectivity index (χ4n) is 1.82. The minimum Gasteiger partial charge on any atom is -0.381 e. The highest BCUT2D eigenvalue weighted by molar-refractivity contribution is 9.10. The Balaban J connectivity index is 2.17. The van der Waals surface area contributed by atoms with Gasteiger partial charge in [0.15, 0.2) is 0 Å². The van der Waals surface area contributed by atoms with Crippen LogP contribution in [0, 0.1) is 22.9 Å². The van der Waals surface area contributed by atoms with Crippen molar-refractivity contribution in [1.82, 2.24) is 0 Å². The lowest BCUT2D eigenvalue weighted by Crippen LogP contribution is -2.02. The Morgan fingerprint density at radius 3 is 2.71 bits per heavy atom. The Morgan fingerprint density at radius 1 is 1.38 bits per heavy atom. The van der Waals surface area contributed by atoms with Gasteiger partial charge in [-0.2, -0.15) is 0 Å². The molecule has 0 unspecified atom stereocenters. The van der Waals surface area contributed by atoms with Crippen molar-refractivity contribution in [2.45, 2.75) is 13.5 Å². The molecule has 0 aliphatic heterocycles. The second-order valence-corrected chi connectivity index (χ2v) is 5.73. The predicted octanol–water partition coefficient (Wildman–Crippen LogP) is 5.07. The second kappa shape index (κ2) is 6.41. The topological polar surface area (TPSA) is 55.2 Å². The van der Waals surface area contributed by atoms with Crippen molar-refractivity contribution in [2.75, 3.05) is 5.32 Å². The number of nitro groups is 1. The molecule has 0 atom stereocenters. The number of benzene rings is 2. The first kappa shape index (κ1) is 15.7. The largest absolute Gasteiger partial charge is 0.381 e. The molecule has 2 rings (SSSR count). The van der Waals surface area contributed by atoms with E-state index in [4.69, 9.17) is 11.6 Å². The van der Waals surface area contributed by atoms with Gasteiger partial charge in [0.1, 0.15) is 5.82 Å². The Bertz CT molecular complexity index is 710. The molecule has 21 heavy (non-hydrogen) atoms. The summed E-state index contributed by atoms with van der Waals surface area (Å²) in [4.78, 5) is 10.2. The molecule has 4 nitrogen and oxygen atoms in total. The van der Waals surface area contributed by atoms with Crippen LogP contribution in [-0.4, -0.2) is 4.92 Å². The number of aryl methyl sites for hydroxylation is 1. The SMILES string of the molecule is Cc1cc(F)c(Br)cc1NCc1ccc([N+](=O)[O-])cc1Cl. The van der Waals surface area contributed by atoms with E-state index < -0.39 is 4.92 Å². The zero-order chi connectivity index (χ0) is 15.6. The fraction of sp³-hybridized carbons (Fsp3) is 0.143. The number of hydrogen-bond acceptors (Lipinski definition) is 3. The zero-order valence-corrected chi connectivity index (χ0v) is 13.3. The molecule has 0 aliphatic carbocycles. The molecule has 0 saturated heterocycles. The highest BCUT2D eigenvalue weighted by Gasteiger charge is 2.10. The lowest BCUT2D eigenvalue weighted by Gasteiger charge is -2.11. The number of anilines is 1. The van der Waals surface area contributed by atoms with Gasteiger partial charge in [-0.1, -0.05) is 11.6 Å². The summed E-state index contributed by atoms with van der Waals surface area (Å²) in [5.41, 5.74) is 2.19. The number of rotatable bonds is 4. The number of hydrogen-bond donors (Lipinski definition) is 1. The van der Waals surface area contributed by atoms with Crippen LogP contribution in [0.2, 0.25) is 5.02 Å². The highest BCUT2D eigenvalue weighted by atomic mass is 79.9. The maximum absolute atomic E-state index is 13.3. The Hall–Kier alpha value is -1.66. The van der Waals surface area contributed by atoms with Crippen LogP contribution in [0.25, 0.3) is 0 Å². The molecule has 0 radical (unpaired) electrons. The number of nitrogens with zero attached hydrogens (tertiary/aromatic N) is 1. The van der Waals surface area contributed by atoms with Crippen LogP contribution >= 0.6 is 27.5 Å². The molecular weight excluding hydrogens is 363 g/mol. The average Bonchev–Trinajstić information content (AvgIpc) is 2.42. The fourth-order valence-corrected chi connectivity index (χ4v) is 2.41. The first-order valence-corrected chi connectivity index (χ1v) is 7.18. The molecule has 0 amide bonds. The van der Waals surface area contributed by atoms with E-state index in [1.54, 1.807) is 19.1 Å². The Morgan fingerprint density at radius 2 is 2.10 bits per heavy atom. The number of nitrogens with one attached hydrogen (secondary N) is 1. The quantitative estimate of drug-likeness (QED) is 0.601. The minimum absolute atomic E-state index is 0.0514. The molecule has 0 saturated carbocycles. The van der Waals surface area contributed by atoms with Gasteiger partial charge in [-0.25, -0.2) is 4.39 Å². The molecular formula is C14H11BrClFN2O2. The molecule has 110 valence electrons. The van der Waals surface area contributed by atoms with Crippen LogP contribution in [0.4, 0.5) is 15.8 Å². The van der Waals surface area contributed by atoms with Crippen molar-refractivity contribution in [3.63, 3.8) is 0 Å². The minimum atomic E-state index is -0.496. The second-order valence-electron chi connectivity index (χ2n) is 4.47. The standard InChI is InChI=1S/C14H11BrClFN2O2/c1-8-4-13(17)11(15)6-14(8)18-7-9-2-3-10(19(20)21)5-12(9)16/h2-6,18H,7H2,1H3. The first-order chi connectivity index (χ1) is 9.88. The van der Waals surface area contributed by atoms with Gasteiger partial charge in [-0.3, -0.25) is 10.1 Å². The van der Waals surface area contributed by atoms with Crippen molar-refractivity contribution in [1.29, 1.82) is 0 Å². The molecule has 0 spiro atoms. The third-order valence-electron chi connectivity index (χ3n) is 2.98. The Kier molecular flexibility index (Phi) is 4.80. The molecule has 0 aliphatic rings. The van der Waals surface area contributed by atoms with Gasteiger partial charge >= 0.3 is 0 Å². The zero-order valence-electron chi connectivity index (χ0n) is 11.0. The van der Waals surface area contributed by atoms with Gasteiger partial charge in [0, 0.05) is 24.4 Å². The van der Waals surface area contributed by atoms with Crippen LogP contribution < -0.4 is 5.32 Å². The van der Waals surface area contributed by atoms with E-state index in [1.807, 2.05) is 0 Å². The lowest BCUT2D eigenvalue weighted by atomic mass is 10.1. The van der Waals surface area contributed by atoms with E-state index >= 15 is 0 Å². The van der Waals surface area contributed by atoms with Crippen LogP contribution in [0.1, 0.15) is 11.1 Å². The van der Waals surface area contributed by atoms with Crippen LogP contribution in [0.3, 0.4) is 0 Å². The number of halogens is 3. The summed E-state index contributed by atoms with van der Waals surface area (Å²) in [5.74, 6) is -0.327. The maximum Gasteiger partial charge on any atom is 0.270 e. The summed E-state index contributed by atoms with van der Waals surface area (Å²) in [6.07, 6.45) is 0. The third kappa shape index (κ3) is 3.71. The molecule has 1 N–H and O–H groups in total. The summed E-state index contributed by atoms with van der Waals surface area (Å²) in [7, 11) is 0. The number of non-ortho nitro benzene ring substituents is 1. The van der Waals surface area contributed by atoms with E-state index in [9.17, 15) is 14.5 Å². The van der Waals surface area contributed by atoms with E-state index in [0.29, 0.717) is 16.0 Å². The molecule has 0 heterocycles. The van der Waals surface area contributed by atoms with Gasteiger partial charge in [0.2, 0.25) is 0 Å². The van der Waals surface area contributed by atoms with Crippen molar-refractivity contribution in [2.24, 2.45) is 0 Å². The predicted molar refractivity (Wildman–Crippen MR) is 84.3 cm³/mol. The summed E-state index contributed by atoms with van der Waals surface area (Å²) >= 11 is 9.15. The molecule has 2 aromatic rings. The van der Waals surface area contributed by atoms with Gasteiger partial charge in [0.05, 0.1) is 14.4 Å². The third-order valence-corrected chi connectivity index (χ3v) is 3.94. The van der Waals surface area contributed by atoms with Gasteiger partial charge in [0.25, 0.3) is 5.69 Å². The summed E-state index contributed by atoms with van der Waals surface area (Å²) in [6, 6.07) is 7.37. The van der Waals surface area contributed by atoms with E-state index in [-0.39, 0.29) is 11.5 Å². The van der Waals surface area contributed by atoms with E-state index in [2.05, 4.69) is 21.2 Å². The van der Waals surface area contributed by atoms with Crippen molar-refractivity contribution >= 4 is 38.9 Å². The van der Waals surface area contributed by atoms with Crippen molar-refractivity contribution < 1.29 is 9.31 Å². The van der Waals surface area contributed by atoms with E-state index in [0.717, 1.165) is 16.8 Å². The van der Waals surface area contributed by atoms with E-state index in [1.165, 1.54) is 18.2 Å². The lowest BCUT2D eigenvalue weighted by molar-refractivity contribution is -0.384. The molecule has 2 aromatic carbocycles. The molecule has 0 aromatic heterocycles. The summed E-state index contributed by atoms with van der Waals surface area (Å²) in [5, 5.41) is 14.1. The maximum atomic E-state index is 13.3. The number of nitro benzene ring substituents is 1. The van der Waals surface area contributed by atoms with Crippen LogP contribution in [0.15, 0.2) is 34.8 Å². The smallest absolute Gasteiger partial charge is 0.270 e. The van der Waals surface area contributed by atoms with Crippen LogP contribution in [0.5, 0.6) is 0 Å².